The molecule has 0 heterocycles. The molecule has 2 atom stereocenters. The van der Waals surface area contributed by atoms with Crippen LogP contribution in [-0.4, -0.2) is 5.11 Å². The summed E-state index contributed by atoms with van der Waals surface area (Å²) >= 11 is 0. The van der Waals surface area contributed by atoms with Gasteiger partial charge in [0.1, 0.15) is 0 Å². The lowest BCUT2D eigenvalue weighted by atomic mass is 9.86. The van der Waals surface area contributed by atoms with Gasteiger partial charge in [-0.3, -0.25) is 0 Å². The van der Waals surface area contributed by atoms with E-state index in [0.717, 1.165) is 17.5 Å². The van der Waals surface area contributed by atoms with Crippen molar-refractivity contribution in [2.75, 3.05) is 0 Å². The molecule has 0 unspecified atom stereocenters. The first-order valence-corrected chi connectivity index (χ1v) is 8.34. The van der Waals surface area contributed by atoms with Crippen molar-refractivity contribution in [2.45, 2.75) is 18.4 Å². The third kappa shape index (κ3) is 4.21. The Morgan fingerprint density at radius 3 is 1.75 bits per heavy atom. The summed E-state index contributed by atoms with van der Waals surface area (Å²) in [5, 5.41) is 10.9. The minimum absolute atomic E-state index is 0.0357. The van der Waals surface area contributed by atoms with E-state index in [0.29, 0.717) is 0 Å². The van der Waals surface area contributed by atoms with Crippen molar-refractivity contribution in [2.24, 2.45) is 0 Å². The molecule has 3 aromatic rings. The quantitative estimate of drug-likeness (QED) is 0.627. The third-order valence-electron chi connectivity index (χ3n) is 4.25. The van der Waals surface area contributed by atoms with Crippen LogP contribution in [0.1, 0.15) is 35.1 Å². The van der Waals surface area contributed by atoms with Crippen LogP contribution in [-0.2, 0) is 0 Å². The van der Waals surface area contributed by atoms with Gasteiger partial charge in [-0.1, -0.05) is 103 Å². The van der Waals surface area contributed by atoms with Crippen LogP contribution in [0.3, 0.4) is 0 Å². The Hall–Kier alpha value is -2.64. The van der Waals surface area contributed by atoms with Gasteiger partial charge in [0.05, 0.1) is 6.10 Å². The number of rotatable bonds is 6. The summed E-state index contributed by atoms with van der Waals surface area (Å²) in [5.74, 6) is 0.0357. The van der Waals surface area contributed by atoms with Crippen LogP contribution >= 0.6 is 0 Å². The molecule has 0 aliphatic rings. The lowest BCUT2D eigenvalue weighted by Gasteiger charge is -2.22. The van der Waals surface area contributed by atoms with Crippen molar-refractivity contribution in [3.8, 4) is 0 Å². The molecule has 3 aromatic carbocycles. The molecule has 0 spiro atoms. The van der Waals surface area contributed by atoms with Gasteiger partial charge in [-0.25, -0.2) is 0 Å². The van der Waals surface area contributed by atoms with E-state index < -0.39 is 6.10 Å². The van der Waals surface area contributed by atoms with E-state index in [1.54, 1.807) is 0 Å². The minimum atomic E-state index is -0.519. The van der Waals surface area contributed by atoms with E-state index in [4.69, 9.17) is 0 Å². The Kier molecular flexibility index (Phi) is 5.60. The number of aliphatic hydroxyl groups is 1. The van der Waals surface area contributed by atoms with Gasteiger partial charge in [-0.05, 0) is 23.1 Å². The van der Waals surface area contributed by atoms with Crippen LogP contribution in [0.2, 0.25) is 0 Å². The second kappa shape index (κ2) is 8.28. The van der Waals surface area contributed by atoms with E-state index in [9.17, 15) is 5.11 Å². The summed E-state index contributed by atoms with van der Waals surface area (Å²) in [6.45, 7) is 0. The molecule has 0 bridgehead atoms. The molecular formula is C23H22O. The maximum absolute atomic E-state index is 10.9. The Balaban J connectivity index is 1.82. The van der Waals surface area contributed by atoms with Gasteiger partial charge >= 0.3 is 0 Å². The standard InChI is InChI=1S/C23H22O/c24-23(21-16-8-3-9-17-21)22(20-14-6-2-7-15-20)18-10-13-19-11-4-1-5-12-19/h1-17,22-24H,18H2/b13-10+/t22-,23-/m0/s1. The normalized spacial score (nSPS) is 13.7. The van der Waals surface area contributed by atoms with Crippen LogP contribution in [0.25, 0.3) is 6.08 Å². The smallest absolute Gasteiger partial charge is 0.0861 e. The summed E-state index contributed by atoms with van der Waals surface area (Å²) in [5.41, 5.74) is 3.30. The monoisotopic (exact) mass is 314 g/mol. The van der Waals surface area contributed by atoms with Crippen molar-refractivity contribution in [1.82, 2.24) is 0 Å². The van der Waals surface area contributed by atoms with Crippen molar-refractivity contribution in [1.29, 1.82) is 0 Å². The van der Waals surface area contributed by atoms with Crippen molar-refractivity contribution in [3.05, 3.63) is 114 Å². The van der Waals surface area contributed by atoms with Crippen LogP contribution in [0, 0.1) is 0 Å². The zero-order valence-corrected chi connectivity index (χ0v) is 13.6. The van der Waals surface area contributed by atoms with Crippen molar-refractivity contribution < 1.29 is 5.11 Å². The summed E-state index contributed by atoms with van der Waals surface area (Å²) in [4.78, 5) is 0. The first-order chi connectivity index (χ1) is 11.8. The molecule has 1 N–H and O–H groups in total. The number of allylic oxidation sites excluding steroid dienone is 1. The molecule has 120 valence electrons. The van der Waals surface area contributed by atoms with E-state index in [1.165, 1.54) is 5.56 Å². The molecule has 1 heteroatoms. The van der Waals surface area contributed by atoms with Crippen LogP contribution < -0.4 is 0 Å². The molecule has 0 aliphatic heterocycles. The van der Waals surface area contributed by atoms with Gasteiger partial charge in [0, 0.05) is 5.92 Å². The molecular weight excluding hydrogens is 292 g/mol. The second-order valence-electron chi connectivity index (χ2n) is 5.92. The molecule has 0 saturated heterocycles. The SMILES string of the molecule is O[C@@H](c1ccccc1)[C@@H](C/C=C/c1ccccc1)c1ccccc1. The fourth-order valence-corrected chi connectivity index (χ4v) is 2.94. The highest BCUT2D eigenvalue weighted by molar-refractivity contribution is 5.49. The molecule has 0 fully saturated rings. The molecule has 1 nitrogen and oxygen atoms in total. The zero-order valence-electron chi connectivity index (χ0n) is 13.6. The lowest BCUT2D eigenvalue weighted by molar-refractivity contribution is 0.145. The third-order valence-corrected chi connectivity index (χ3v) is 4.25. The van der Waals surface area contributed by atoms with Crippen molar-refractivity contribution in [3.63, 3.8) is 0 Å². The molecule has 24 heavy (non-hydrogen) atoms. The number of benzene rings is 3. The lowest BCUT2D eigenvalue weighted by Crippen LogP contribution is -2.10. The highest BCUT2D eigenvalue weighted by Crippen LogP contribution is 2.34. The summed E-state index contributed by atoms with van der Waals surface area (Å²) < 4.78 is 0. The van der Waals surface area contributed by atoms with E-state index >= 15 is 0 Å². The Morgan fingerprint density at radius 2 is 1.17 bits per heavy atom. The molecule has 0 aromatic heterocycles. The fraction of sp³-hybridized carbons (Fsp3) is 0.130. The predicted octanol–water partition coefficient (Wildman–Crippen LogP) is 5.61. The average molecular weight is 314 g/mol. The van der Waals surface area contributed by atoms with Crippen LogP contribution in [0.15, 0.2) is 97.1 Å². The average Bonchev–Trinajstić information content (AvgIpc) is 2.67. The minimum Gasteiger partial charge on any atom is -0.388 e. The molecule has 3 rings (SSSR count). The van der Waals surface area contributed by atoms with Gasteiger partial charge in [-0.2, -0.15) is 0 Å². The maximum atomic E-state index is 10.9. The first-order valence-electron chi connectivity index (χ1n) is 8.34. The largest absolute Gasteiger partial charge is 0.388 e. The van der Waals surface area contributed by atoms with Crippen LogP contribution in [0.5, 0.6) is 0 Å². The Bertz CT molecular complexity index is 748. The summed E-state index contributed by atoms with van der Waals surface area (Å²) in [7, 11) is 0. The fourth-order valence-electron chi connectivity index (χ4n) is 2.94. The summed E-state index contributed by atoms with van der Waals surface area (Å²) in [6, 6.07) is 30.4. The molecule has 0 amide bonds. The zero-order chi connectivity index (χ0) is 16.6. The molecule has 0 radical (unpaired) electrons. The van der Waals surface area contributed by atoms with Crippen molar-refractivity contribution >= 4 is 6.08 Å². The van der Waals surface area contributed by atoms with Gasteiger partial charge in [0.2, 0.25) is 0 Å². The van der Waals surface area contributed by atoms with E-state index in [2.05, 4.69) is 36.4 Å². The van der Waals surface area contributed by atoms with Gasteiger partial charge < -0.3 is 5.11 Å². The molecule has 0 saturated carbocycles. The van der Waals surface area contributed by atoms with E-state index in [1.807, 2.05) is 66.7 Å². The van der Waals surface area contributed by atoms with E-state index in [-0.39, 0.29) is 5.92 Å². The highest BCUT2D eigenvalue weighted by atomic mass is 16.3. The van der Waals surface area contributed by atoms with Gasteiger partial charge in [0.15, 0.2) is 0 Å². The maximum Gasteiger partial charge on any atom is 0.0861 e. The number of hydrogen-bond donors (Lipinski definition) is 1. The Labute approximate surface area is 143 Å². The molecule has 0 aliphatic carbocycles. The van der Waals surface area contributed by atoms with Crippen LogP contribution in [0.4, 0.5) is 0 Å². The Morgan fingerprint density at radius 1 is 0.667 bits per heavy atom. The highest BCUT2D eigenvalue weighted by Gasteiger charge is 2.21. The first kappa shape index (κ1) is 16.2. The number of hydrogen-bond acceptors (Lipinski definition) is 1. The van der Waals surface area contributed by atoms with Gasteiger partial charge in [-0.15, -0.1) is 0 Å². The predicted molar refractivity (Wildman–Crippen MR) is 101 cm³/mol. The number of aliphatic hydroxyl groups excluding tert-OH is 1. The summed E-state index contributed by atoms with van der Waals surface area (Å²) in [6.07, 6.45) is 4.54. The second-order valence-corrected chi connectivity index (χ2v) is 5.92. The topological polar surface area (TPSA) is 20.2 Å². The van der Waals surface area contributed by atoms with Gasteiger partial charge in [0.25, 0.3) is 0 Å².